The lowest BCUT2D eigenvalue weighted by Gasteiger charge is -2.15. The number of carbonyl (C=O) groups is 2. The predicted molar refractivity (Wildman–Crippen MR) is 89.8 cm³/mol. The maximum absolute atomic E-state index is 12.4. The van der Waals surface area contributed by atoms with Crippen LogP contribution in [0.25, 0.3) is 0 Å². The van der Waals surface area contributed by atoms with Gasteiger partial charge in [-0.2, -0.15) is 0 Å². The first-order valence-electron chi connectivity index (χ1n) is 7.58. The van der Waals surface area contributed by atoms with Crippen molar-refractivity contribution in [3.05, 3.63) is 77.5 Å². The summed E-state index contributed by atoms with van der Waals surface area (Å²) in [6.45, 7) is 2.38. The van der Waals surface area contributed by atoms with Gasteiger partial charge in [0.15, 0.2) is 0 Å². The first kappa shape index (κ1) is 15.0. The van der Waals surface area contributed by atoms with Gasteiger partial charge in [0.05, 0.1) is 0 Å². The zero-order valence-corrected chi connectivity index (χ0v) is 13.0. The monoisotopic (exact) mass is 306 g/mol. The molecule has 1 aliphatic heterocycles. The highest BCUT2D eigenvalue weighted by Gasteiger charge is 2.30. The van der Waals surface area contributed by atoms with E-state index in [9.17, 15) is 9.59 Å². The molecule has 0 aliphatic carbocycles. The van der Waals surface area contributed by atoms with E-state index >= 15 is 0 Å². The molecule has 0 unspecified atom stereocenters. The van der Waals surface area contributed by atoms with E-state index in [0.29, 0.717) is 18.7 Å². The van der Waals surface area contributed by atoms with Gasteiger partial charge in [0.1, 0.15) is 5.70 Å². The molecule has 0 bridgehead atoms. The van der Waals surface area contributed by atoms with E-state index in [4.69, 9.17) is 0 Å². The third-order valence-corrected chi connectivity index (χ3v) is 3.81. The largest absolute Gasteiger partial charge is 0.351 e. The molecule has 0 radical (unpaired) electrons. The van der Waals surface area contributed by atoms with Crippen LogP contribution in [0, 0.1) is 6.92 Å². The summed E-state index contributed by atoms with van der Waals surface area (Å²) in [4.78, 5) is 25.7. The summed E-state index contributed by atoms with van der Waals surface area (Å²) in [5.41, 5.74) is 3.37. The lowest BCUT2D eigenvalue weighted by atomic mass is 10.1. The molecule has 2 aromatic carbocycles. The molecule has 1 aliphatic rings. The molecule has 0 fully saturated rings. The average Bonchev–Trinajstić information content (AvgIpc) is 2.82. The van der Waals surface area contributed by atoms with E-state index in [-0.39, 0.29) is 11.8 Å². The van der Waals surface area contributed by atoms with Crippen LogP contribution in [-0.2, 0) is 16.0 Å². The molecular weight excluding hydrogens is 288 g/mol. The van der Waals surface area contributed by atoms with E-state index in [1.807, 2.05) is 61.5 Å². The summed E-state index contributed by atoms with van der Waals surface area (Å²) >= 11 is 0. The minimum atomic E-state index is -0.272. The maximum atomic E-state index is 12.4. The second-order valence-corrected chi connectivity index (χ2v) is 5.58. The molecule has 0 saturated heterocycles. The molecule has 0 atom stereocenters. The van der Waals surface area contributed by atoms with Crippen LogP contribution in [-0.4, -0.2) is 23.3 Å². The second kappa shape index (κ2) is 6.48. The van der Waals surface area contributed by atoms with E-state index in [0.717, 1.165) is 16.8 Å². The number of anilines is 1. The molecule has 1 N–H and O–H groups in total. The van der Waals surface area contributed by atoms with Gasteiger partial charge in [-0.25, -0.2) is 0 Å². The Balaban J connectivity index is 1.64. The summed E-state index contributed by atoms with van der Waals surface area (Å²) in [6.07, 6.45) is 2.02. The van der Waals surface area contributed by atoms with Gasteiger partial charge >= 0.3 is 0 Å². The normalized spacial score (nSPS) is 14.1. The highest BCUT2D eigenvalue weighted by molar-refractivity contribution is 6.17. The van der Waals surface area contributed by atoms with Crippen molar-refractivity contribution < 1.29 is 9.59 Å². The standard InChI is InChI=1S/C19H18N2O2/c1-14-7-9-16(10-8-14)20-17-13-18(22)21(19(17)23)12-11-15-5-3-2-4-6-15/h2-10,13,20H,11-12H2,1H3. The van der Waals surface area contributed by atoms with Crippen molar-refractivity contribution in [1.29, 1.82) is 0 Å². The van der Waals surface area contributed by atoms with Crippen LogP contribution in [0.4, 0.5) is 5.69 Å². The number of amides is 2. The van der Waals surface area contributed by atoms with Crippen molar-refractivity contribution in [1.82, 2.24) is 4.90 Å². The van der Waals surface area contributed by atoms with Crippen molar-refractivity contribution in [2.75, 3.05) is 11.9 Å². The lowest BCUT2D eigenvalue weighted by molar-refractivity contribution is -0.137. The molecule has 23 heavy (non-hydrogen) atoms. The molecule has 4 heteroatoms. The molecule has 0 aromatic heterocycles. The smallest absolute Gasteiger partial charge is 0.277 e. The zero-order chi connectivity index (χ0) is 16.2. The number of rotatable bonds is 5. The Bertz CT molecular complexity index is 749. The molecule has 2 aromatic rings. The Labute approximate surface area is 135 Å². The van der Waals surface area contributed by atoms with Crippen molar-refractivity contribution in [3.63, 3.8) is 0 Å². The first-order valence-corrected chi connectivity index (χ1v) is 7.58. The number of imide groups is 1. The fraction of sp³-hybridized carbons (Fsp3) is 0.158. The molecule has 2 amide bonds. The molecule has 4 nitrogen and oxygen atoms in total. The van der Waals surface area contributed by atoms with Gasteiger partial charge in [0, 0.05) is 18.3 Å². The average molecular weight is 306 g/mol. The van der Waals surface area contributed by atoms with Crippen LogP contribution < -0.4 is 5.32 Å². The number of carbonyl (C=O) groups excluding carboxylic acids is 2. The van der Waals surface area contributed by atoms with Crippen LogP contribution in [0.3, 0.4) is 0 Å². The number of hydrogen-bond donors (Lipinski definition) is 1. The van der Waals surface area contributed by atoms with Crippen LogP contribution in [0.1, 0.15) is 11.1 Å². The number of nitrogens with zero attached hydrogens (tertiary/aromatic N) is 1. The van der Waals surface area contributed by atoms with Gasteiger partial charge in [-0.05, 0) is 31.0 Å². The van der Waals surface area contributed by atoms with Gasteiger partial charge in [0.2, 0.25) is 0 Å². The van der Waals surface area contributed by atoms with Crippen LogP contribution in [0.2, 0.25) is 0 Å². The Morgan fingerprint density at radius 3 is 2.35 bits per heavy atom. The number of benzene rings is 2. The number of nitrogens with one attached hydrogen (secondary N) is 1. The Hall–Kier alpha value is -2.88. The first-order chi connectivity index (χ1) is 11.1. The minimum Gasteiger partial charge on any atom is -0.351 e. The van der Waals surface area contributed by atoms with Crippen LogP contribution in [0.15, 0.2) is 66.4 Å². The Morgan fingerprint density at radius 2 is 1.65 bits per heavy atom. The van der Waals surface area contributed by atoms with Gasteiger partial charge in [-0.3, -0.25) is 14.5 Å². The molecule has 0 saturated carbocycles. The predicted octanol–water partition coefficient (Wildman–Crippen LogP) is 2.90. The second-order valence-electron chi connectivity index (χ2n) is 5.58. The summed E-state index contributed by atoms with van der Waals surface area (Å²) < 4.78 is 0. The van der Waals surface area contributed by atoms with Crippen molar-refractivity contribution in [3.8, 4) is 0 Å². The van der Waals surface area contributed by atoms with Crippen molar-refractivity contribution >= 4 is 17.5 Å². The van der Waals surface area contributed by atoms with Crippen LogP contribution >= 0.6 is 0 Å². The van der Waals surface area contributed by atoms with E-state index < -0.39 is 0 Å². The minimum absolute atomic E-state index is 0.263. The molecule has 1 heterocycles. The molecule has 0 spiro atoms. The lowest BCUT2D eigenvalue weighted by Crippen LogP contribution is -2.33. The van der Waals surface area contributed by atoms with Crippen LogP contribution in [0.5, 0.6) is 0 Å². The van der Waals surface area contributed by atoms with Crippen molar-refractivity contribution in [2.45, 2.75) is 13.3 Å². The third-order valence-electron chi connectivity index (χ3n) is 3.81. The summed E-state index contributed by atoms with van der Waals surface area (Å²) in [5.74, 6) is -0.535. The number of hydrogen-bond acceptors (Lipinski definition) is 3. The zero-order valence-electron chi connectivity index (χ0n) is 13.0. The van der Waals surface area contributed by atoms with Gasteiger partial charge in [-0.1, -0.05) is 48.0 Å². The van der Waals surface area contributed by atoms with Crippen molar-refractivity contribution in [2.24, 2.45) is 0 Å². The Kier molecular flexibility index (Phi) is 4.24. The highest BCUT2D eigenvalue weighted by Crippen LogP contribution is 2.18. The summed E-state index contributed by atoms with van der Waals surface area (Å²) in [7, 11) is 0. The van der Waals surface area contributed by atoms with E-state index in [1.54, 1.807) is 0 Å². The summed E-state index contributed by atoms with van der Waals surface area (Å²) in [5, 5.41) is 3.03. The fourth-order valence-electron chi connectivity index (χ4n) is 2.49. The van der Waals surface area contributed by atoms with Gasteiger partial charge in [-0.15, -0.1) is 0 Å². The molecule has 3 rings (SSSR count). The summed E-state index contributed by atoms with van der Waals surface area (Å²) in [6, 6.07) is 17.5. The van der Waals surface area contributed by atoms with E-state index in [1.165, 1.54) is 11.0 Å². The SMILES string of the molecule is Cc1ccc(NC2=CC(=O)N(CCc3ccccc3)C2=O)cc1. The topological polar surface area (TPSA) is 49.4 Å². The Morgan fingerprint density at radius 1 is 0.957 bits per heavy atom. The molecule has 116 valence electrons. The quantitative estimate of drug-likeness (QED) is 0.864. The number of aryl methyl sites for hydroxylation is 1. The molecular formula is C19H18N2O2. The van der Waals surface area contributed by atoms with Gasteiger partial charge < -0.3 is 5.32 Å². The highest BCUT2D eigenvalue weighted by atomic mass is 16.2. The van der Waals surface area contributed by atoms with Gasteiger partial charge in [0.25, 0.3) is 11.8 Å². The third kappa shape index (κ3) is 3.48. The van der Waals surface area contributed by atoms with E-state index in [2.05, 4.69) is 5.32 Å². The maximum Gasteiger partial charge on any atom is 0.277 e. The fourth-order valence-corrected chi connectivity index (χ4v) is 2.49.